The summed E-state index contributed by atoms with van der Waals surface area (Å²) in [5, 5.41) is 0. The number of rotatable bonds is 5. The van der Waals surface area contributed by atoms with Gasteiger partial charge in [0.1, 0.15) is 0 Å². The second-order valence-corrected chi connectivity index (χ2v) is 5.86. The number of esters is 1. The number of methoxy groups -OCH3 is 1. The Labute approximate surface area is 145 Å². The van der Waals surface area contributed by atoms with Gasteiger partial charge < -0.3 is 9.64 Å². The first kappa shape index (κ1) is 18.8. The van der Waals surface area contributed by atoms with Gasteiger partial charge in [0.05, 0.1) is 19.2 Å². The van der Waals surface area contributed by atoms with Gasteiger partial charge in [0.15, 0.2) is 11.6 Å². The first-order valence-corrected chi connectivity index (χ1v) is 8.11. The van der Waals surface area contributed by atoms with Crippen LogP contribution in [0.1, 0.15) is 37.3 Å². The average Bonchev–Trinajstić information content (AvgIpc) is 2.61. The molecule has 134 valence electrons. The molecule has 0 spiro atoms. The van der Waals surface area contributed by atoms with E-state index < -0.39 is 17.6 Å². The Bertz CT molecular complexity index is 687. The van der Waals surface area contributed by atoms with E-state index in [1.165, 1.54) is 25.3 Å². The third kappa shape index (κ3) is 4.53. The van der Waals surface area contributed by atoms with Gasteiger partial charge in [-0.15, -0.1) is 6.58 Å². The number of piperidine rings is 1. The predicted molar refractivity (Wildman–Crippen MR) is 89.6 cm³/mol. The normalized spacial score (nSPS) is 20.5. The van der Waals surface area contributed by atoms with E-state index in [1.54, 1.807) is 11.0 Å². The number of amides is 1. The third-order valence-electron chi connectivity index (χ3n) is 4.26. The molecule has 1 heterocycles. The number of carbonyl (C=O) groups is 2. The molecule has 1 fully saturated rings. The Morgan fingerprint density at radius 2 is 2.08 bits per heavy atom. The molecule has 2 atom stereocenters. The highest BCUT2D eigenvalue weighted by Gasteiger charge is 2.33. The second kappa shape index (κ2) is 8.55. The first-order valence-electron chi connectivity index (χ1n) is 8.11. The predicted octanol–water partition coefficient (Wildman–Crippen LogP) is 3.69. The zero-order chi connectivity index (χ0) is 18.4. The van der Waals surface area contributed by atoms with Crippen molar-refractivity contribution in [2.45, 2.75) is 37.8 Å². The Morgan fingerprint density at radius 1 is 1.32 bits per heavy atom. The smallest absolute Gasteiger partial charge is 0.330 e. The van der Waals surface area contributed by atoms with Crippen molar-refractivity contribution in [3.05, 3.63) is 60.2 Å². The van der Waals surface area contributed by atoms with Crippen LogP contribution in [0.5, 0.6) is 0 Å². The summed E-state index contributed by atoms with van der Waals surface area (Å²) in [5.74, 6) is -2.55. The summed E-state index contributed by atoms with van der Waals surface area (Å²) in [6.45, 7) is 3.58. The lowest BCUT2D eigenvalue weighted by molar-refractivity contribution is -0.137. The summed E-state index contributed by atoms with van der Waals surface area (Å²) in [4.78, 5) is 25.6. The van der Waals surface area contributed by atoms with E-state index in [4.69, 9.17) is 0 Å². The fraction of sp³-hybridized carbons (Fsp3) is 0.368. The van der Waals surface area contributed by atoms with E-state index in [0.29, 0.717) is 18.4 Å². The minimum Gasteiger partial charge on any atom is -0.466 e. The number of ether oxygens (including phenoxy) is 1. The zero-order valence-corrected chi connectivity index (χ0v) is 14.1. The molecule has 0 saturated carbocycles. The maximum absolute atomic E-state index is 13.6. The third-order valence-corrected chi connectivity index (χ3v) is 4.26. The molecule has 0 aromatic heterocycles. The number of halogens is 2. The fourth-order valence-electron chi connectivity index (χ4n) is 3.11. The van der Waals surface area contributed by atoms with Crippen molar-refractivity contribution in [2.24, 2.45) is 0 Å². The second-order valence-electron chi connectivity index (χ2n) is 5.86. The van der Waals surface area contributed by atoms with Crippen LogP contribution in [0.4, 0.5) is 8.78 Å². The van der Waals surface area contributed by atoms with Crippen LogP contribution in [0.25, 0.3) is 0 Å². The molecule has 2 rings (SSSR count). The molecule has 0 radical (unpaired) electrons. The molecule has 1 aliphatic heterocycles. The van der Waals surface area contributed by atoms with Crippen LogP contribution in [0.3, 0.4) is 0 Å². The van der Waals surface area contributed by atoms with Crippen LogP contribution in [0.15, 0.2) is 43.0 Å². The van der Waals surface area contributed by atoms with E-state index in [0.717, 1.165) is 18.6 Å². The Kier molecular flexibility index (Phi) is 6.44. The molecule has 0 bridgehead atoms. The molecule has 1 aliphatic rings. The Hall–Kier alpha value is -2.50. The molecule has 6 heteroatoms. The van der Waals surface area contributed by atoms with Crippen LogP contribution in [-0.4, -0.2) is 29.9 Å². The minimum absolute atomic E-state index is 0.128. The molecule has 1 aromatic rings. The SMILES string of the molecule is C=CCC(=O)N1[C@@H](/C=C/C(=O)OC)CCC[C@H]1c1ccc(F)c(F)c1. The van der Waals surface area contributed by atoms with Crippen molar-refractivity contribution in [1.82, 2.24) is 4.90 Å². The van der Waals surface area contributed by atoms with E-state index in [-0.39, 0.29) is 24.4 Å². The van der Waals surface area contributed by atoms with Crippen molar-refractivity contribution in [3.63, 3.8) is 0 Å². The van der Waals surface area contributed by atoms with Gasteiger partial charge in [0, 0.05) is 12.5 Å². The van der Waals surface area contributed by atoms with E-state index in [2.05, 4.69) is 11.3 Å². The molecule has 1 amide bonds. The highest BCUT2D eigenvalue weighted by atomic mass is 19.2. The van der Waals surface area contributed by atoms with E-state index >= 15 is 0 Å². The van der Waals surface area contributed by atoms with Gasteiger partial charge in [-0.1, -0.05) is 18.2 Å². The lowest BCUT2D eigenvalue weighted by atomic mass is 9.90. The summed E-state index contributed by atoms with van der Waals surface area (Å²) in [6.07, 6.45) is 6.64. The Morgan fingerprint density at radius 3 is 2.72 bits per heavy atom. The van der Waals surface area contributed by atoms with Gasteiger partial charge in [-0.25, -0.2) is 13.6 Å². The fourth-order valence-corrected chi connectivity index (χ4v) is 3.11. The molecule has 25 heavy (non-hydrogen) atoms. The van der Waals surface area contributed by atoms with Gasteiger partial charge in [-0.3, -0.25) is 4.79 Å². The summed E-state index contributed by atoms with van der Waals surface area (Å²) in [7, 11) is 1.28. The zero-order valence-electron chi connectivity index (χ0n) is 14.1. The van der Waals surface area contributed by atoms with Crippen molar-refractivity contribution in [1.29, 1.82) is 0 Å². The molecular formula is C19H21F2NO3. The number of hydrogen-bond acceptors (Lipinski definition) is 3. The maximum Gasteiger partial charge on any atom is 0.330 e. The van der Waals surface area contributed by atoms with Gasteiger partial charge in [0.25, 0.3) is 0 Å². The number of hydrogen-bond donors (Lipinski definition) is 0. The number of nitrogens with zero attached hydrogens (tertiary/aromatic N) is 1. The summed E-state index contributed by atoms with van der Waals surface area (Å²) >= 11 is 0. The van der Waals surface area contributed by atoms with Crippen molar-refractivity contribution >= 4 is 11.9 Å². The number of carbonyl (C=O) groups excluding carboxylic acids is 2. The summed E-state index contributed by atoms with van der Waals surface area (Å²) in [6, 6.07) is 2.97. The quantitative estimate of drug-likeness (QED) is 0.463. The molecule has 1 aromatic carbocycles. The first-order chi connectivity index (χ1) is 12.0. The highest BCUT2D eigenvalue weighted by molar-refractivity contribution is 5.82. The highest BCUT2D eigenvalue weighted by Crippen LogP contribution is 2.36. The van der Waals surface area contributed by atoms with E-state index in [9.17, 15) is 18.4 Å². The molecule has 1 saturated heterocycles. The van der Waals surface area contributed by atoms with Gasteiger partial charge in [0.2, 0.25) is 5.91 Å². The number of benzene rings is 1. The monoisotopic (exact) mass is 349 g/mol. The maximum atomic E-state index is 13.6. The average molecular weight is 349 g/mol. The Balaban J connectivity index is 2.36. The van der Waals surface area contributed by atoms with E-state index in [1.807, 2.05) is 0 Å². The standard InChI is InChI=1S/C19H21F2NO3/c1-3-5-18(23)22-14(9-11-19(24)25-2)6-4-7-17(22)13-8-10-15(20)16(21)12-13/h3,8-12,14,17H,1,4-7H2,2H3/b11-9+/t14-,17+/m1/s1. The van der Waals surface area contributed by atoms with Crippen LogP contribution in [0.2, 0.25) is 0 Å². The minimum atomic E-state index is -0.944. The van der Waals surface area contributed by atoms with Crippen molar-refractivity contribution in [2.75, 3.05) is 7.11 Å². The topological polar surface area (TPSA) is 46.6 Å². The molecule has 4 nitrogen and oxygen atoms in total. The van der Waals surface area contributed by atoms with Crippen LogP contribution in [0, 0.1) is 11.6 Å². The van der Waals surface area contributed by atoms with Crippen LogP contribution >= 0.6 is 0 Å². The largest absolute Gasteiger partial charge is 0.466 e. The summed E-state index contributed by atoms with van der Waals surface area (Å²) in [5.41, 5.74) is 0.535. The molecular weight excluding hydrogens is 328 g/mol. The lowest BCUT2D eigenvalue weighted by Crippen LogP contribution is -2.44. The molecule has 0 N–H and O–H groups in total. The lowest BCUT2D eigenvalue weighted by Gasteiger charge is -2.41. The molecule has 0 aliphatic carbocycles. The van der Waals surface area contributed by atoms with Gasteiger partial charge >= 0.3 is 5.97 Å². The van der Waals surface area contributed by atoms with Gasteiger partial charge in [-0.2, -0.15) is 0 Å². The van der Waals surface area contributed by atoms with Crippen molar-refractivity contribution < 1.29 is 23.1 Å². The summed E-state index contributed by atoms with van der Waals surface area (Å²) < 4.78 is 31.5. The molecule has 0 unspecified atom stereocenters. The van der Waals surface area contributed by atoms with Crippen molar-refractivity contribution in [3.8, 4) is 0 Å². The number of likely N-dealkylation sites (tertiary alicyclic amines) is 1. The van der Waals surface area contributed by atoms with Crippen LogP contribution < -0.4 is 0 Å². The van der Waals surface area contributed by atoms with Crippen LogP contribution in [-0.2, 0) is 14.3 Å². The van der Waals surface area contributed by atoms with Gasteiger partial charge in [-0.05, 0) is 37.0 Å².